The Hall–Kier alpha value is -1.12. The quantitative estimate of drug-likeness (QED) is 0.403. The van der Waals surface area contributed by atoms with Crippen molar-refractivity contribution in [1.29, 1.82) is 0 Å². The van der Waals surface area contributed by atoms with Gasteiger partial charge in [0.2, 0.25) is 0 Å². The first kappa shape index (κ1) is 21.2. The summed E-state index contributed by atoms with van der Waals surface area (Å²) < 4.78 is 0. The van der Waals surface area contributed by atoms with E-state index in [1.165, 1.54) is 0 Å². The fraction of sp³-hybridized carbons (Fsp3) is 0.500. The van der Waals surface area contributed by atoms with E-state index in [4.69, 9.17) is 15.3 Å². The Bertz CT molecular complexity index is 219. The molecule has 92 valence electrons. The number of carboxylic acids is 4. The standard InChI is InChI=1S/2C4H6O4.Na/c2*5-3(6)1-2-4(7)8;/h2*1-2H2,(H,5,6)(H,7,8);/q;;+1/p-1. The van der Waals surface area contributed by atoms with E-state index in [2.05, 4.69) is 0 Å². The summed E-state index contributed by atoms with van der Waals surface area (Å²) in [5, 5.41) is 33.2. The van der Waals surface area contributed by atoms with Gasteiger partial charge >= 0.3 is 47.5 Å². The Morgan fingerprint density at radius 3 is 1.06 bits per heavy atom. The van der Waals surface area contributed by atoms with Gasteiger partial charge in [-0.1, -0.05) is 0 Å². The Morgan fingerprint density at radius 1 is 0.706 bits per heavy atom. The third-order valence-electron chi connectivity index (χ3n) is 1.10. The van der Waals surface area contributed by atoms with Gasteiger partial charge in [-0.05, 0) is 6.42 Å². The molecule has 0 spiro atoms. The van der Waals surface area contributed by atoms with E-state index in [1.807, 2.05) is 0 Å². The molecule has 0 aliphatic heterocycles. The van der Waals surface area contributed by atoms with Crippen LogP contribution in [0.2, 0.25) is 0 Å². The molecule has 0 saturated heterocycles. The second-order valence-corrected chi connectivity index (χ2v) is 2.55. The number of carbonyl (C=O) groups excluding carboxylic acids is 1. The van der Waals surface area contributed by atoms with Crippen molar-refractivity contribution in [1.82, 2.24) is 0 Å². The summed E-state index contributed by atoms with van der Waals surface area (Å²) in [7, 11) is 0. The summed E-state index contributed by atoms with van der Waals surface area (Å²) in [6.07, 6.45) is -1.36. The van der Waals surface area contributed by atoms with E-state index in [0.29, 0.717) is 0 Å². The summed E-state index contributed by atoms with van der Waals surface area (Å²) >= 11 is 0. The van der Waals surface area contributed by atoms with Crippen molar-refractivity contribution < 1.29 is 69.2 Å². The van der Waals surface area contributed by atoms with Crippen molar-refractivity contribution in [2.75, 3.05) is 0 Å². The molecule has 0 fully saturated rings. The molecule has 3 N–H and O–H groups in total. The van der Waals surface area contributed by atoms with Crippen molar-refractivity contribution in [3.63, 3.8) is 0 Å². The summed E-state index contributed by atoms with van der Waals surface area (Å²) in [6.45, 7) is 0. The second kappa shape index (κ2) is 12.9. The molecule has 0 aromatic heterocycles. The number of hydrogen-bond acceptors (Lipinski definition) is 5. The summed E-state index contributed by atoms with van der Waals surface area (Å²) in [5.41, 5.74) is 0. The molecule has 0 heterocycles. The maximum atomic E-state index is 9.64. The topological polar surface area (TPSA) is 152 Å². The van der Waals surface area contributed by atoms with E-state index < -0.39 is 30.3 Å². The molecular formula is C8H11NaO8. The van der Waals surface area contributed by atoms with Gasteiger partial charge in [-0.15, -0.1) is 0 Å². The molecule has 0 radical (unpaired) electrons. The van der Waals surface area contributed by atoms with Gasteiger partial charge in [-0.25, -0.2) is 0 Å². The number of hydrogen-bond donors (Lipinski definition) is 3. The Kier molecular flexibility index (Phi) is 16.1. The van der Waals surface area contributed by atoms with Gasteiger partial charge in [-0.2, -0.15) is 0 Å². The van der Waals surface area contributed by atoms with E-state index in [9.17, 15) is 24.3 Å². The summed E-state index contributed by atoms with van der Waals surface area (Å²) in [6, 6.07) is 0. The number of carbonyl (C=O) groups is 4. The van der Waals surface area contributed by atoms with Crippen LogP contribution in [0.4, 0.5) is 0 Å². The Labute approximate surface area is 119 Å². The van der Waals surface area contributed by atoms with Crippen molar-refractivity contribution in [2.24, 2.45) is 0 Å². The minimum atomic E-state index is -1.33. The molecule has 0 saturated carbocycles. The first-order valence-electron chi connectivity index (χ1n) is 4.11. The predicted octanol–water partition coefficient (Wildman–Crippen LogP) is -4.46. The van der Waals surface area contributed by atoms with Gasteiger partial charge in [-0.3, -0.25) is 14.4 Å². The minimum absolute atomic E-state index is 0. The largest absolute Gasteiger partial charge is 1.00 e. The molecule has 0 aromatic rings. The van der Waals surface area contributed by atoms with E-state index in [1.54, 1.807) is 0 Å². The van der Waals surface area contributed by atoms with Crippen LogP contribution in [-0.4, -0.2) is 39.2 Å². The third-order valence-corrected chi connectivity index (χ3v) is 1.10. The maximum absolute atomic E-state index is 9.64. The molecular weight excluding hydrogens is 247 g/mol. The SMILES string of the molecule is O=C(O)CCC(=O)O.O=C([O-])CCC(=O)O.[Na+]. The van der Waals surface area contributed by atoms with Gasteiger partial charge in [0.15, 0.2) is 0 Å². The van der Waals surface area contributed by atoms with Gasteiger partial charge in [0, 0.05) is 5.97 Å². The number of rotatable bonds is 6. The Morgan fingerprint density at radius 2 is 0.941 bits per heavy atom. The third kappa shape index (κ3) is 31.3. The molecule has 0 aromatic carbocycles. The number of carboxylic acid groups (broad SMARTS) is 4. The molecule has 0 aliphatic carbocycles. The molecule has 9 heteroatoms. The molecule has 0 atom stereocenters. The molecule has 0 unspecified atom stereocenters. The van der Waals surface area contributed by atoms with Gasteiger partial charge in [0.1, 0.15) is 0 Å². The molecule has 0 aliphatic rings. The van der Waals surface area contributed by atoms with Crippen molar-refractivity contribution >= 4 is 23.9 Å². The van der Waals surface area contributed by atoms with Crippen molar-refractivity contribution in [3.8, 4) is 0 Å². The zero-order valence-corrected chi connectivity index (χ0v) is 11.2. The van der Waals surface area contributed by atoms with E-state index >= 15 is 0 Å². The average Bonchev–Trinajstić information content (AvgIpc) is 2.12. The van der Waals surface area contributed by atoms with Crippen molar-refractivity contribution in [3.05, 3.63) is 0 Å². The van der Waals surface area contributed by atoms with Gasteiger partial charge in [0.05, 0.1) is 19.3 Å². The van der Waals surface area contributed by atoms with Crippen LogP contribution in [0.15, 0.2) is 0 Å². The zero-order chi connectivity index (χ0) is 13.1. The molecule has 17 heavy (non-hydrogen) atoms. The predicted molar refractivity (Wildman–Crippen MR) is 46.4 cm³/mol. The average molecular weight is 258 g/mol. The minimum Gasteiger partial charge on any atom is -0.550 e. The van der Waals surface area contributed by atoms with Crippen LogP contribution in [0.5, 0.6) is 0 Å². The van der Waals surface area contributed by atoms with Gasteiger partial charge in [0.25, 0.3) is 0 Å². The fourth-order valence-electron chi connectivity index (χ4n) is 0.423. The number of aliphatic carboxylic acids is 4. The first-order valence-corrected chi connectivity index (χ1v) is 4.11. The zero-order valence-electron chi connectivity index (χ0n) is 9.21. The van der Waals surface area contributed by atoms with Crippen LogP contribution in [-0.2, 0) is 19.2 Å². The van der Waals surface area contributed by atoms with Crippen LogP contribution < -0.4 is 34.7 Å². The smallest absolute Gasteiger partial charge is 0.550 e. The first-order chi connectivity index (χ1) is 7.25. The second-order valence-electron chi connectivity index (χ2n) is 2.55. The molecule has 0 rings (SSSR count). The monoisotopic (exact) mass is 258 g/mol. The normalized spacial score (nSPS) is 8.00. The molecule has 8 nitrogen and oxygen atoms in total. The molecule has 0 bridgehead atoms. The molecule has 0 amide bonds. The van der Waals surface area contributed by atoms with Crippen LogP contribution in [0, 0.1) is 0 Å². The maximum Gasteiger partial charge on any atom is 1.00 e. The van der Waals surface area contributed by atoms with Crippen molar-refractivity contribution in [2.45, 2.75) is 25.7 Å². The fourth-order valence-corrected chi connectivity index (χ4v) is 0.423. The van der Waals surface area contributed by atoms with E-state index in [-0.39, 0.29) is 48.8 Å². The van der Waals surface area contributed by atoms with Gasteiger partial charge < -0.3 is 25.2 Å². The summed E-state index contributed by atoms with van der Waals surface area (Å²) in [4.78, 5) is 38.4. The van der Waals surface area contributed by atoms with Crippen LogP contribution in [0.25, 0.3) is 0 Å². The Balaban J connectivity index is -0.000000218. The van der Waals surface area contributed by atoms with E-state index in [0.717, 1.165) is 0 Å². The summed E-state index contributed by atoms with van der Waals surface area (Å²) in [5.74, 6) is -4.60. The van der Waals surface area contributed by atoms with Crippen LogP contribution in [0.1, 0.15) is 25.7 Å². The van der Waals surface area contributed by atoms with Crippen LogP contribution >= 0.6 is 0 Å². The van der Waals surface area contributed by atoms with Crippen LogP contribution in [0.3, 0.4) is 0 Å².